The van der Waals surface area contributed by atoms with Gasteiger partial charge in [0.1, 0.15) is 5.82 Å². The lowest BCUT2D eigenvalue weighted by atomic mass is 10.3. The van der Waals surface area contributed by atoms with E-state index in [1.807, 2.05) is 12.1 Å². The van der Waals surface area contributed by atoms with Gasteiger partial charge in [0.25, 0.3) is 0 Å². The van der Waals surface area contributed by atoms with Gasteiger partial charge in [-0.05, 0) is 54.7 Å². The van der Waals surface area contributed by atoms with Crippen LogP contribution in [0, 0.1) is 5.82 Å². The molecule has 2 rings (SSSR count). The zero-order valence-electron chi connectivity index (χ0n) is 12.1. The molecule has 0 aliphatic carbocycles. The van der Waals surface area contributed by atoms with Crippen molar-refractivity contribution >= 4 is 63.9 Å². The summed E-state index contributed by atoms with van der Waals surface area (Å²) in [6, 6.07) is 11.3. The first kappa shape index (κ1) is 18.8. The van der Waals surface area contributed by atoms with Crippen LogP contribution in [0.2, 0.25) is 10.0 Å². The quantitative estimate of drug-likeness (QED) is 0.404. The van der Waals surface area contributed by atoms with Gasteiger partial charge >= 0.3 is 0 Å². The van der Waals surface area contributed by atoms with E-state index in [4.69, 9.17) is 35.4 Å². The zero-order valence-corrected chi connectivity index (χ0v) is 15.3. The molecule has 2 aromatic rings. The number of rotatable bonds is 4. The largest absolute Gasteiger partial charge is 0.331 e. The number of hydrazine groups is 1. The molecule has 2 aromatic carbocycles. The summed E-state index contributed by atoms with van der Waals surface area (Å²) >= 11 is 17.9. The lowest BCUT2D eigenvalue weighted by Crippen LogP contribution is -2.44. The Morgan fingerprint density at radius 3 is 2.50 bits per heavy atom. The molecule has 0 unspecified atom stereocenters. The third-order valence-electron chi connectivity index (χ3n) is 2.68. The highest BCUT2D eigenvalue weighted by Gasteiger charge is 2.05. The molecule has 3 N–H and O–H groups in total. The first-order valence-corrected chi connectivity index (χ1v) is 8.78. The summed E-state index contributed by atoms with van der Waals surface area (Å²) in [5.74, 6) is -0.565. The fraction of sp³-hybridized carbons (Fsp3) is 0.0667. The Hall–Kier alpha value is -1.54. The molecule has 1 amide bonds. The van der Waals surface area contributed by atoms with Crippen LogP contribution in [0.15, 0.2) is 47.4 Å². The summed E-state index contributed by atoms with van der Waals surface area (Å²) in [6.07, 6.45) is 0. The maximum atomic E-state index is 13.1. The smallest absolute Gasteiger partial charge is 0.248 e. The number of benzene rings is 2. The van der Waals surface area contributed by atoms with Crippen LogP contribution >= 0.6 is 47.2 Å². The molecule has 0 fully saturated rings. The van der Waals surface area contributed by atoms with Crippen LogP contribution in [0.5, 0.6) is 0 Å². The second-order valence-electron chi connectivity index (χ2n) is 4.50. The van der Waals surface area contributed by atoms with Crippen LogP contribution in [-0.4, -0.2) is 16.8 Å². The number of hydrogen-bond acceptors (Lipinski definition) is 3. The number of amides is 1. The molecule has 4 nitrogen and oxygen atoms in total. The molecule has 9 heteroatoms. The average molecular weight is 404 g/mol. The predicted octanol–water partition coefficient (Wildman–Crippen LogP) is 4.24. The third kappa shape index (κ3) is 6.16. The van der Waals surface area contributed by atoms with Crippen molar-refractivity contribution < 1.29 is 9.18 Å². The minimum absolute atomic E-state index is 0.0220. The topological polar surface area (TPSA) is 53.2 Å². The highest BCUT2D eigenvalue weighted by molar-refractivity contribution is 8.00. The number of nitrogens with one attached hydrogen (secondary N) is 3. The lowest BCUT2D eigenvalue weighted by molar-refractivity contribution is -0.119. The highest BCUT2D eigenvalue weighted by atomic mass is 35.5. The molecular weight excluding hydrogens is 392 g/mol. The van der Waals surface area contributed by atoms with E-state index in [0.717, 1.165) is 4.90 Å². The average Bonchev–Trinajstić information content (AvgIpc) is 2.56. The van der Waals surface area contributed by atoms with Crippen molar-refractivity contribution in [3.8, 4) is 0 Å². The summed E-state index contributed by atoms with van der Waals surface area (Å²) < 4.78 is 13.1. The Morgan fingerprint density at radius 2 is 1.83 bits per heavy atom. The summed E-state index contributed by atoms with van der Waals surface area (Å²) in [5.41, 5.74) is 5.53. The molecule has 0 saturated heterocycles. The molecule has 0 aliphatic rings. The van der Waals surface area contributed by atoms with Gasteiger partial charge in [-0.25, -0.2) is 4.39 Å². The summed E-state index contributed by atoms with van der Waals surface area (Å²) in [4.78, 5) is 12.7. The number of carbonyl (C=O) groups is 1. The van der Waals surface area contributed by atoms with Crippen molar-refractivity contribution in [1.82, 2.24) is 10.9 Å². The van der Waals surface area contributed by atoms with Crippen molar-refractivity contribution in [3.05, 3.63) is 58.3 Å². The third-order valence-corrected chi connectivity index (χ3v) is 4.43. The van der Waals surface area contributed by atoms with Crippen molar-refractivity contribution in [1.29, 1.82) is 0 Å². The molecule has 0 radical (unpaired) electrons. The van der Waals surface area contributed by atoms with E-state index in [2.05, 4.69) is 16.2 Å². The van der Waals surface area contributed by atoms with Gasteiger partial charge in [0.2, 0.25) is 5.91 Å². The molecule has 0 aromatic heterocycles. The molecule has 0 bridgehead atoms. The zero-order chi connectivity index (χ0) is 17.5. The van der Waals surface area contributed by atoms with Gasteiger partial charge in [-0.3, -0.25) is 15.6 Å². The van der Waals surface area contributed by atoms with Crippen molar-refractivity contribution in [2.75, 3.05) is 11.1 Å². The number of thioether (sulfide) groups is 1. The molecule has 126 valence electrons. The normalized spacial score (nSPS) is 10.1. The number of hydrogen-bond donors (Lipinski definition) is 3. The van der Waals surface area contributed by atoms with E-state index in [1.165, 1.54) is 30.0 Å². The first-order chi connectivity index (χ1) is 11.4. The fourth-order valence-electron chi connectivity index (χ4n) is 1.58. The van der Waals surface area contributed by atoms with Crippen LogP contribution in [0.4, 0.5) is 10.1 Å². The van der Waals surface area contributed by atoms with Gasteiger partial charge in [0.15, 0.2) is 5.11 Å². The molecular formula is C15H12Cl2FN3OS2. The Bertz CT molecular complexity index is 744. The van der Waals surface area contributed by atoms with Crippen LogP contribution in [-0.2, 0) is 4.79 Å². The van der Waals surface area contributed by atoms with Crippen LogP contribution in [0.25, 0.3) is 0 Å². The number of thiocarbonyl (C=S) groups is 1. The molecule has 0 atom stereocenters. The van der Waals surface area contributed by atoms with Gasteiger partial charge in [0, 0.05) is 15.6 Å². The molecule has 0 saturated carbocycles. The predicted molar refractivity (Wildman–Crippen MR) is 101 cm³/mol. The van der Waals surface area contributed by atoms with Gasteiger partial charge in [-0.2, -0.15) is 0 Å². The van der Waals surface area contributed by atoms with Gasteiger partial charge in [0.05, 0.1) is 10.8 Å². The van der Waals surface area contributed by atoms with Crippen molar-refractivity contribution in [2.45, 2.75) is 4.90 Å². The van der Waals surface area contributed by atoms with E-state index in [9.17, 15) is 9.18 Å². The van der Waals surface area contributed by atoms with Crippen LogP contribution in [0.1, 0.15) is 0 Å². The SMILES string of the molecule is O=C(CSc1ccc(Cl)cc1)NNC(=S)Nc1ccc(F)c(Cl)c1. The Balaban J connectivity index is 1.73. The van der Waals surface area contributed by atoms with E-state index in [0.29, 0.717) is 10.7 Å². The van der Waals surface area contributed by atoms with Gasteiger partial charge in [-0.15, -0.1) is 11.8 Å². The summed E-state index contributed by atoms with van der Waals surface area (Å²) in [5, 5.41) is 3.55. The van der Waals surface area contributed by atoms with Crippen molar-refractivity contribution in [3.63, 3.8) is 0 Å². The van der Waals surface area contributed by atoms with Crippen LogP contribution < -0.4 is 16.2 Å². The monoisotopic (exact) mass is 403 g/mol. The second kappa shape index (κ2) is 9.08. The molecule has 0 heterocycles. The fourth-order valence-corrected chi connectivity index (χ4v) is 2.75. The van der Waals surface area contributed by atoms with E-state index >= 15 is 0 Å². The maximum absolute atomic E-state index is 13.1. The Morgan fingerprint density at radius 1 is 1.12 bits per heavy atom. The molecule has 24 heavy (non-hydrogen) atoms. The van der Waals surface area contributed by atoms with Crippen molar-refractivity contribution in [2.24, 2.45) is 0 Å². The van der Waals surface area contributed by atoms with Gasteiger partial charge < -0.3 is 5.32 Å². The van der Waals surface area contributed by atoms with E-state index < -0.39 is 5.82 Å². The molecule has 0 aliphatic heterocycles. The second-order valence-corrected chi connectivity index (χ2v) is 6.80. The Kier molecular flexibility index (Phi) is 7.11. The summed E-state index contributed by atoms with van der Waals surface area (Å²) in [7, 11) is 0. The Labute approximate surface area is 158 Å². The van der Waals surface area contributed by atoms with Crippen LogP contribution in [0.3, 0.4) is 0 Å². The number of halogens is 3. The van der Waals surface area contributed by atoms with E-state index in [-0.39, 0.29) is 21.8 Å². The number of anilines is 1. The lowest BCUT2D eigenvalue weighted by Gasteiger charge is -2.12. The molecule has 0 spiro atoms. The highest BCUT2D eigenvalue weighted by Crippen LogP contribution is 2.20. The van der Waals surface area contributed by atoms with E-state index in [1.54, 1.807) is 12.1 Å². The minimum Gasteiger partial charge on any atom is -0.331 e. The van der Waals surface area contributed by atoms with Gasteiger partial charge in [-0.1, -0.05) is 23.2 Å². The summed E-state index contributed by atoms with van der Waals surface area (Å²) in [6.45, 7) is 0. The number of carbonyl (C=O) groups excluding carboxylic acids is 1. The standard InChI is InChI=1S/C15H12Cl2FN3OS2/c16-9-1-4-11(5-2-9)24-8-14(22)20-21-15(23)19-10-3-6-13(18)12(17)7-10/h1-7H,8H2,(H,20,22)(H2,19,21,23). The first-order valence-electron chi connectivity index (χ1n) is 6.63. The minimum atomic E-state index is -0.520. The maximum Gasteiger partial charge on any atom is 0.248 e.